The number of hydrogen-bond acceptors (Lipinski definition) is 8. The molecular formula is C31H43N3O8. The van der Waals surface area contributed by atoms with E-state index in [1.54, 1.807) is 78.8 Å². The molecule has 2 aromatic carbocycles. The van der Waals surface area contributed by atoms with Crippen molar-refractivity contribution >= 4 is 23.9 Å². The SMILES string of the molecule is CCOC(=O)CCNC(=O)C(c1cccc(C)c1O)N(C(=O)C(Cc1ccc(O)cc1)NC(=O)OC(C)(C)C)C(C)C. The molecule has 11 heteroatoms. The van der Waals surface area contributed by atoms with Gasteiger partial charge >= 0.3 is 12.1 Å². The predicted molar refractivity (Wildman–Crippen MR) is 157 cm³/mol. The Morgan fingerprint density at radius 2 is 1.64 bits per heavy atom. The van der Waals surface area contributed by atoms with Gasteiger partial charge in [-0.15, -0.1) is 0 Å². The number of hydrogen-bond donors (Lipinski definition) is 4. The molecule has 0 bridgehead atoms. The number of alkyl carbamates (subject to hydrolysis) is 1. The zero-order chi connectivity index (χ0) is 31.6. The highest BCUT2D eigenvalue weighted by Crippen LogP contribution is 2.33. The normalized spacial score (nSPS) is 12.7. The molecule has 2 rings (SSSR count). The van der Waals surface area contributed by atoms with Gasteiger partial charge in [0.15, 0.2) is 0 Å². The van der Waals surface area contributed by atoms with Crippen molar-refractivity contribution in [2.24, 2.45) is 0 Å². The summed E-state index contributed by atoms with van der Waals surface area (Å²) in [6, 6.07) is 8.03. The highest BCUT2D eigenvalue weighted by Gasteiger charge is 2.39. The number of carbonyl (C=O) groups is 4. The molecule has 0 aliphatic heterocycles. The van der Waals surface area contributed by atoms with Crippen molar-refractivity contribution in [1.82, 2.24) is 15.5 Å². The lowest BCUT2D eigenvalue weighted by Crippen LogP contribution is -2.55. The van der Waals surface area contributed by atoms with Gasteiger partial charge in [-0.1, -0.05) is 30.3 Å². The third kappa shape index (κ3) is 9.97. The summed E-state index contributed by atoms with van der Waals surface area (Å²) in [5.74, 6) is -1.82. The van der Waals surface area contributed by atoms with Gasteiger partial charge in [0.2, 0.25) is 11.8 Å². The number of rotatable bonds is 12. The number of carbonyl (C=O) groups excluding carboxylic acids is 4. The van der Waals surface area contributed by atoms with E-state index in [1.807, 2.05) is 0 Å². The second kappa shape index (κ2) is 15.1. The number of nitrogens with one attached hydrogen (secondary N) is 2. The number of amides is 3. The molecule has 0 aliphatic carbocycles. The smallest absolute Gasteiger partial charge is 0.408 e. The molecule has 0 heterocycles. The van der Waals surface area contributed by atoms with E-state index in [2.05, 4.69) is 10.6 Å². The fraction of sp³-hybridized carbons (Fsp3) is 0.484. The molecule has 2 atom stereocenters. The highest BCUT2D eigenvalue weighted by atomic mass is 16.6. The molecule has 2 aromatic rings. The number of phenols is 2. The number of aromatic hydroxyl groups is 2. The standard InChI is InChI=1S/C31H43N3O8/c1-8-41-25(36)16-17-32-28(38)26(23-11-9-10-20(4)27(23)37)34(19(2)3)29(39)24(33-30(40)42-31(5,6)7)18-21-12-14-22(35)15-13-21/h9-15,19,24,26,35,37H,8,16-18H2,1-7H3,(H,32,38)(H,33,40). The van der Waals surface area contributed by atoms with E-state index >= 15 is 0 Å². The van der Waals surface area contributed by atoms with Gasteiger partial charge in [0, 0.05) is 24.6 Å². The maximum Gasteiger partial charge on any atom is 0.408 e. The van der Waals surface area contributed by atoms with Gasteiger partial charge in [0.25, 0.3) is 0 Å². The molecular weight excluding hydrogens is 542 g/mol. The van der Waals surface area contributed by atoms with Crippen LogP contribution in [-0.4, -0.2) is 69.8 Å². The number of nitrogens with zero attached hydrogens (tertiary/aromatic N) is 1. The maximum atomic E-state index is 14.3. The van der Waals surface area contributed by atoms with Crippen molar-refractivity contribution in [3.8, 4) is 11.5 Å². The molecule has 11 nitrogen and oxygen atoms in total. The minimum Gasteiger partial charge on any atom is -0.508 e. The lowest BCUT2D eigenvalue weighted by atomic mass is 9.96. The Balaban J connectivity index is 2.54. The van der Waals surface area contributed by atoms with Crippen LogP contribution in [0.1, 0.15) is 70.7 Å². The third-order valence-electron chi connectivity index (χ3n) is 6.20. The summed E-state index contributed by atoms with van der Waals surface area (Å²) in [5, 5.41) is 26.0. The van der Waals surface area contributed by atoms with Gasteiger partial charge in [-0.3, -0.25) is 14.4 Å². The van der Waals surface area contributed by atoms with Crippen LogP contribution in [0, 0.1) is 6.92 Å². The highest BCUT2D eigenvalue weighted by molar-refractivity contribution is 5.93. The summed E-state index contributed by atoms with van der Waals surface area (Å²) in [6.45, 7) is 12.0. The number of benzene rings is 2. The van der Waals surface area contributed by atoms with E-state index in [0.717, 1.165) is 0 Å². The lowest BCUT2D eigenvalue weighted by molar-refractivity contribution is -0.145. The molecule has 0 radical (unpaired) electrons. The van der Waals surface area contributed by atoms with Crippen molar-refractivity contribution < 1.29 is 38.9 Å². The topological polar surface area (TPSA) is 154 Å². The number of ether oxygens (including phenoxy) is 2. The van der Waals surface area contributed by atoms with Crippen molar-refractivity contribution in [2.75, 3.05) is 13.2 Å². The first-order valence-electron chi connectivity index (χ1n) is 14.0. The average Bonchev–Trinajstić information content (AvgIpc) is 2.88. The molecule has 230 valence electrons. The average molecular weight is 586 g/mol. The van der Waals surface area contributed by atoms with Gasteiger partial charge in [-0.05, 0) is 71.7 Å². The quantitative estimate of drug-likeness (QED) is 0.274. The number of aryl methyl sites for hydroxylation is 1. The van der Waals surface area contributed by atoms with Crippen molar-refractivity contribution in [3.05, 3.63) is 59.2 Å². The van der Waals surface area contributed by atoms with Crippen LogP contribution in [0.2, 0.25) is 0 Å². The molecule has 0 saturated carbocycles. The Labute approximate surface area is 247 Å². The molecule has 2 unspecified atom stereocenters. The predicted octanol–water partition coefficient (Wildman–Crippen LogP) is 3.89. The molecule has 0 aromatic heterocycles. The summed E-state index contributed by atoms with van der Waals surface area (Å²) in [7, 11) is 0. The van der Waals surface area contributed by atoms with E-state index in [9.17, 15) is 29.4 Å². The fourth-order valence-corrected chi connectivity index (χ4v) is 4.31. The van der Waals surface area contributed by atoms with Crippen molar-refractivity contribution in [1.29, 1.82) is 0 Å². The summed E-state index contributed by atoms with van der Waals surface area (Å²) >= 11 is 0. The summed E-state index contributed by atoms with van der Waals surface area (Å²) in [5.41, 5.74) is 0.495. The first-order valence-corrected chi connectivity index (χ1v) is 14.0. The van der Waals surface area contributed by atoms with Crippen LogP contribution >= 0.6 is 0 Å². The Morgan fingerprint density at radius 1 is 1.00 bits per heavy atom. The van der Waals surface area contributed by atoms with Gasteiger partial charge in [-0.25, -0.2) is 4.79 Å². The molecule has 4 N–H and O–H groups in total. The number of phenolic OH excluding ortho intramolecular Hbond substituents is 2. The first-order chi connectivity index (χ1) is 19.6. The first kappa shape index (κ1) is 33.9. The lowest BCUT2D eigenvalue weighted by Gasteiger charge is -2.37. The second-order valence-electron chi connectivity index (χ2n) is 11.2. The molecule has 0 spiro atoms. The van der Waals surface area contributed by atoms with Crippen LogP contribution in [0.5, 0.6) is 11.5 Å². The molecule has 0 aliphatic rings. The van der Waals surface area contributed by atoms with E-state index in [4.69, 9.17) is 9.47 Å². The monoisotopic (exact) mass is 585 g/mol. The number of para-hydroxylation sites is 1. The fourth-order valence-electron chi connectivity index (χ4n) is 4.31. The van der Waals surface area contributed by atoms with Crippen LogP contribution in [0.4, 0.5) is 4.79 Å². The zero-order valence-electron chi connectivity index (χ0n) is 25.4. The number of esters is 1. The van der Waals surface area contributed by atoms with Crippen LogP contribution in [-0.2, 0) is 30.3 Å². The third-order valence-corrected chi connectivity index (χ3v) is 6.20. The van der Waals surface area contributed by atoms with E-state index in [1.165, 1.54) is 17.0 Å². The maximum absolute atomic E-state index is 14.3. The largest absolute Gasteiger partial charge is 0.508 e. The van der Waals surface area contributed by atoms with Gasteiger partial charge < -0.3 is 35.2 Å². The summed E-state index contributed by atoms with van der Waals surface area (Å²) in [4.78, 5) is 54.0. The summed E-state index contributed by atoms with van der Waals surface area (Å²) < 4.78 is 10.3. The van der Waals surface area contributed by atoms with Crippen LogP contribution in [0.15, 0.2) is 42.5 Å². The minimum atomic E-state index is -1.30. The van der Waals surface area contributed by atoms with Crippen molar-refractivity contribution in [2.45, 2.75) is 85.0 Å². The Morgan fingerprint density at radius 3 is 2.21 bits per heavy atom. The minimum absolute atomic E-state index is 0.0264. The van der Waals surface area contributed by atoms with E-state index < -0.39 is 47.6 Å². The second-order valence-corrected chi connectivity index (χ2v) is 11.2. The zero-order valence-corrected chi connectivity index (χ0v) is 25.4. The van der Waals surface area contributed by atoms with Crippen LogP contribution in [0.3, 0.4) is 0 Å². The summed E-state index contributed by atoms with van der Waals surface area (Å²) in [6.07, 6.45) is -0.874. The Hall–Kier alpha value is -4.28. The van der Waals surface area contributed by atoms with E-state index in [0.29, 0.717) is 11.1 Å². The van der Waals surface area contributed by atoms with Crippen LogP contribution in [0.25, 0.3) is 0 Å². The van der Waals surface area contributed by atoms with Gasteiger partial charge in [0.1, 0.15) is 29.2 Å². The molecule has 3 amide bonds. The molecule has 42 heavy (non-hydrogen) atoms. The molecule has 0 fully saturated rings. The van der Waals surface area contributed by atoms with Crippen molar-refractivity contribution in [3.63, 3.8) is 0 Å². The van der Waals surface area contributed by atoms with E-state index in [-0.39, 0.29) is 43.1 Å². The Bertz CT molecular complexity index is 1240. The van der Waals surface area contributed by atoms with Gasteiger partial charge in [-0.2, -0.15) is 0 Å². The van der Waals surface area contributed by atoms with Gasteiger partial charge in [0.05, 0.1) is 13.0 Å². The van der Waals surface area contributed by atoms with Crippen LogP contribution < -0.4 is 10.6 Å². The molecule has 0 saturated heterocycles. The Kier molecular flexibility index (Phi) is 12.2.